The average molecular weight is 429 g/mol. The van der Waals surface area contributed by atoms with Crippen LogP contribution in [-0.2, 0) is 6.61 Å². The highest BCUT2D eigenvalue weighted by atomic mass is 35.5. The Kier molecular flexibility index (Phi) is 6.46. The first-order valence-electron chi connectivity index (χ1n) is 7.48. The standard InChI is InChI=1S/C12H10ClN3O3.C4H2Cl2N2/c13-12-14-2-1-10(16-12)15-8-3-7(5-17)4-9-11(8)19-6-18-9;5-3-1-2-7-4(6)8-3/h1-4,17H,5-6H2,(H,14,15,16);1-2H. The Hall–Kier alpha value is -2.39. The molecule has 11 heteroatoms. The van der Waals surface area contributed by atoms with Crippen molar-refractivity contribution in [3.63, 3.8) is 0 Å². The summed E-state index contributed by atoms with van der Waals surface area (Å²) in [6, 6.07) is 6.75. The second kappa shape index (κ2) is 9.01. The molecule has 2 N–H and O–H groups in total. The Bertz CT molecular complexity index is 928. The number of hydrogen-bond donors (Lipinski definition) is 2. The summed E-state index contributed by atoms with van der Waals surface area (Å²) in [6.07, 6.45) is 3.04. The largest absolute Gasteiger partial charge is 0.453 e. The number of ether oxygens (including phenoxy) is 2. The van der Waals surface area contributed by atoms with Gasteiger partial charge in [-0.3, -0.25) is 0 Å². The zero-order valence-corrected chi connectivity index (χ0v) is 15.8. The lowest BCUT2D eigenvalue weighted by Crippen LogP contribution is -1.98. The summed E-state index contributed by atoms with van der Waals surface area (Å²) in [5, 5.41) is 13.0. The van der Waals surface area contributed by atoms with E-state index < -0.39 is 0 Å². The first kappa shape index (κ1) is 19.4. The number of rotatable bonds is 3. The van der Waals surface area contributed by atoms with E-state index in [1.54, 1.807) is 30.5 Å². The molecule has 8 nitrogen and oxygen atoms in total. The third kappa shape index (κ3) is 5.30. The van der Waals surface area contributed by atoms with Crippen LogP contribution >= 0.6 is 34.8 Å². The second-order valence-corrected chi connectivity index (χ2v) is 6.08. The second-order valence-electron chi connectivity index (χ2n) is 5.02. The van der Waals surface area contributed by atoms with Gasteiger partial charge in [0.1, 0.15) is 11.0 Å². The van der Waals surface area contributed by atoms with Crippen LogP contribution in [0.4, 0.5) is 11.5 Å². The van der Waals surface area contributed by atoms with E-state index in [1.165, 1.54) is 6.20 Å². The van der Waals surface area contributed by atoms with Gasteiger partial charge in [0, 0.05) is 12.4 Å². The molecule has 0 spiro atoms. The van der Waals surface area contributed by atoms with Crippen LogP contribution in [-0.4, -0.2) is 31.8 Å². The molecule has 3 aromatic rings. The van der Waals surface area contributed by atoms with Crippen molar-refractivity contribution in [3.05, 3.63) is 57.9 Å². The zero-order valence-electron chi connectivity index (χ0n) is 13.6. The zero-order chi connectivity index (χ0) is 19.2. The molecule has 4 rings (SSSR count). The summed E-state index contributed by atoms with van der Waals surface area (Å²) in [6.45, 7) is 0.0687. The maximum atomic E-state index is 9.23. The lowest BCUT2D eigenvalue weighted by atomic mass is 10.1. The van der Waals surface area contributed by atoms with Gasteiger partial charge in [-0.05, 0) is 53.0 Å². The molecule has 1 aromatic carbocycles. The number of halogens is 3. The van der Waals surface area contributed by atoms with Gasteiger partial charge >= 0.3 is 0 Å². The predicted molar refractivity (Wildman–Crippen MR) is 101 cm³/mol. The van der Waals surface area contributed by atoms with Gasteiger partial charge in [-0.2, -0.15) is 0 Å². The van der Waals surface area contributed by atoms with Crippen LogP contribution in [0.1, 0.15) is 5.56 Å². The van der Waals surface area contributed by atoms with E-state index in [2.05, 4.69) is 25.3 Å². The molecule has 0 aliphatic carbocycles. The molecular formula is C16H12Cl3N5O3. The molecule has 0 fully saturated rings. The quantitative estimate of drug-likeness (QED) is 0.479. The highest BCUT2D eigenvalue weighted by Crippen LogP contribution is 2.41. The fraction of sp³-hybridized carbons (Fsp3) is 0.125. The summed E-state index contributed by atoms with van der Waals surface area (Å²) < 4.78 is 10.7. The number of nitrogens with zero attached hydrogens (tertiary/aromatic N) is 4. The molecule has 0 radical (unpaired) electrons. The van der Waals surface area contributed by atoms with E-state index in [-0.39, 0.29) is 24.0 Å². The molecule has 0 atom stereocenters. The number of anilines is 2. The van der Waals surface area contributed by atoms with Gasteiger partial charge in [0.05, 0.1) is 12.3 Å². The van der Waals surface area contributed by atoms with Crippen LogP contribution < -0.4 is 14.8 Å². The normalized spacial score (nSPS) is 11.6. The van der Waals surface area contributed by atoms with E-state index in [4.69, 9.17) is 44.3 Å². The molecule has 0 saturated carbocycles. The highest BCUT2D eigenvalue weighted by Gasteiger charge is 2.19. The van der Waals surface area contributed by atoms with Crippen molar-refractivity contribution >= 4 is 46.3 Å². The van der Waals surface area contributed by atoms with Crippen LogP contribution in [0, 0.1) is 0 Å². The Labute approximate surface area is 169 Å². The van der Waals surface area contributed by atoms with Crippen LogP contribution in [0.15, 0.2) is 36.7 Å². The van der Waals surface area contributed by atoms with Crippen molar-refractivity contribution in [2.45, 2.75) is 6.61 Å². The molecule has 140 valence electrons. The number of aromatic nitrogens is 4. The minimum atomic E-state index is -0.0875. The maximum Gasteiger partial charge on any atom is 0.231 e. The van der Waals surface area contributed by atoms with E-state index >= 15 is 0 Å². The number of fused-ring (bicyclic) bond motifs is 1. The lowest BCUT2D eigenvalue weighted by molar-refractivity contribution is 0.174. The Morgan fingerprint density at radius 2 is 1.74 bits per heavy atom. The number of hydrogen-bond acceptors (Lipinski definition) is 8. The van der Waals surface area contributed by atoms with Crippen molar-refractivity contribution in [1.82, 2.24) is 19.9 Å². The fourth-order valence-corrected chi connectivity index (χ4v) is 2.58. The average Bonchev–Trinajstić information content (AvgIpc) is 3.11. The number of aliphatic hydroxyl groups excluding tert-OH is 1. The van der Waals surface area contributed by atoms with Gasteiger partial charge in [0.25, 0.3) is 0 Å². The maximum absolute atomic E-state index is 9.23. The molecule has 0 amide bonds. The summed E-state index contributed by atoms with van der Waals surface area (Å²) in [5.74, 6) is 1.72. The highest BCUT2D eigenvalue weighted by molar-refractivity contribution is 6.31. The molecule has 0 saturated heterocycles. The Morgan fingerprint density at radius 1 is 1.00 bits per heavy atom. The third-order valence-electron chi connectivity index (χ3n) is 3.20. The SMILES string of the molecule is Clc1ccnc(Cl)n1.OCc1cc(Nc2ccnc(Cl)n2)c2c(c1)OCO2. The van der Waals surface area contributed by atoms with Crippen molar-refractivity contribution in [2.24, 2.45) is 0 Å². The van der Waals surface area contributed by atoms with Crippen molar-refractivity contribution in [3.8, 4) is 11.5 Å². The number of nitrogens with one attached hydrogen (secondary N) is 1. The first-order chi connectivity index (χ1) is 13.0. The van der Waals surface area contributed by atoms with Gasteiger partial charge < -0.3 is 19.9 Å². The molecule has 0 unspecified atom stereocenters. The molecular weight excluding hydrogens is 417 g/mol. The predicted octanol–water partition coefficient (Wildman–Crippen LogP) is 3.88. The van der Waals surface area contributed by atoms with Crippen LogP contribution in [0.3, 0.4) is 0 Å². The molecule has 2 aromatic heterocycles. The van der Waals surface area contributed by atoms with Crippen molar-refractivity contribution < 1.29 is 14.6 Å². The lowest BCUT2D eigenvalue weighted by Gasteiger charge is -2.10. The number of aliphatic hydroxyl groups is 1. The third-order valence-corrected chi connectivity index (χ3v) is 3.77. The first-order valence-corrected chi connectivity index (χ1v) is 8.61. The van der Waals surface area contributed by atoms with Gasteiger partial charge in [-0.1, -0.05) is 11.6 Å². The molecule has 1 aliphatic rings. The molecule has 3 heterocycles. The summed E-state index contributed by atoms with van der Waals surface area (Å²) in [4.78, 5) is 15.0. The van der Waals surface area contributed by atoms with Crippen LogP contribution in [0.2, 0.25) is 15.7 Å². The summed E-state index contributed by atoms with van der Waals surface area (Å²) in [5.41, 5.74) is 1.38. The van der Waals surface area contributed by atoms with Crippen LogP contribution in [0.5, 0.6) is 11.5 Å². The monoisotopic (exact) mass is 427 g/mol. The Morgan fingerprint density at radius 3 is 2.37 bits per heavy atom. The van der Waals surface area contributed by atoms with Gasteiger partial charge in [-0.15, -0.1) is 0 Å². The summed E-state index contributed by atoms with van der Waals surface area (Å²) in [7, 11) is 0. The molecule has 1 aliphatic heterocycles. The fourth-order valence-electron chi connectivity index (χ4n) is 2.11. The van der Waals surface area contributed by atoms with Crippen LogP contribution in [0.25, 0.3) is 0 Å². The van der Waals surface area contributed by atoms with Gasteiger partial charge in [-0.25, -0.2) is 19.9 Å². The topological polar surface area (TPSA) is 102 Å². The van der Waals surface area contributed by atoms with Crippen molar-refractivity contribution in [2.75, 3.05) is 12.1 Å². The van der Waals surface area contributed by atoms with E-state index in [0.717, 1.165) is 0 Å². The summed E-state index contributed by atoms with van der Waals surface area (Å²) >= 11 is 16.5. The van der Waals surface area contributed by atoms with Gasteiger partial charge in [0.2, 0.25) is 17.4 Å². The van der Waals surface area contributed by atoms with E-state index in [1.807, 2.05) is 0 Å². The van der Waals surface area contributed by atoms with E-state index in [9.17, 15) is 5.11 Å². The molecule has 0 bridgehead atoms. The smallest absolute Gasteiger partial charge is 0.231 e. The van der Waals surface area contributed by atoms with Gasteiger partial charge in [0.15, 0.2) is 11.5 Å². The Balaban J connectivity index is 0.000000221. The van der Waals surface area contributed by atoms with E-state index in [0.29, 0.717) is 33.7 Å². The minimum Gasteiger partial charge on any atom is -0.453 e. The minimum absolute atomic E-state index is 0.0875. The molecule has 27 heavy (non-hydrogen) atoms. The number of benzene rings is 1. The van der Waals surface area contributed by atoms with Crippen molar-refractivity contribution in [1.29, 1.82) is 0 Å².